The summed E-state index contributed by atoms with van der Waals surface area (Å²) in [5, 5.41) is 10.4. The highest BCUT2D eigenvalue weighted by atomic mass is 32.1. The number of fused-ring (bicyclic) bond motifs is 2. The number of hydrogen-bond acceptors (Lipinski definition) is 6. The highest BCUT2D eigenvalue weighted by Gasteiger charge is 2.20. The minimum atomic E-state index is -0.183. The van der Waals surface area contributed by atoms with Crippen LogP contribution in [0.15, 0.2) is 84.0 Å². The lowest BCUT2D eigenvalue weighted by atomic mass is 9.99. The van der Waals surface area contributed by atoms with E-state index in [0.717, 1.165) is 48.9 Å². The topological polar surface area (TPSA) is 77.6 Å². The van der Waals surface area contributed by atoms with Crippen LogP contribution in [0.4, 0.5) is 5.69 Å². The summed E-state index contributed by atoms with van der Waals surface area (Å²) in [5.74, 6) is 0. The zero-order valence-electron chi connectivity index (χ0n) is 20.1. The smallest absolute Gasteiger partial charge is 0.263 e. The molecule has 36 heavy (non-hydrogen) atoms. The Bertz CT molecular complexity index is 1780. The molecule has 0 aliphatic carbocycles. The van der Waals surface area contributed by atoms with E-state index in [1.54, 1.807) is 28.4 Å². The number of nitrogens with one attached hydrogen (secondary N) is 1. The molecule has 0 aliphatic rings. The lowest BCUT2D eigenvalue weighted by Crippen LogP contribution is -2.26. The fraction of sp³-hybridized carbons (Fsp3) is 0.143. The molecule has 0 spiro atoms. The number of thiazole rings is 1. The summed E-state index contributed by atoms with van der Waals surface area (Å²) in [6.45, 7) is 4.05. The molecule has 7 nitrogen and oxygen atoms in total. The highest BCUT2D eigenvalue weighted by Crippen LogP contribution is 2.32. The number of anilines is 1. The molecule has 6 rings (SSSR count). The number of rotatable bonds is 5. The summed E-state index contributed by atoms with van der Waals surface area (Å²) in [6.07, 6.45) is 5.52. The molecule has 0 bridgehead atoms. The summed E-state index contributed by atoms with van der Waals surface area (Å²) in [5.41, 5.74) is 5.14. The minimum Gasteiger partial charge on any atom is -0.375 e. The lowest BCUT2D eigenvalue weighted by Gasteiger charge is -2.22. The first-order valence-corrected chi connectivity index (χ1v) is 12.5. The van der Waals surface area contributed by atoms with Gasteiger partial charge in [-0.3, -0.25) is 14.0 Å². The number of aromatic nitrogens is 5. The summed E-state index contributed by atoms with van der Waals surface area (Å²) in [6, 6.07) is 19.6. The third-order valence-electron chi connectivity index (χ3n) is 6.33. The molecule has 1 N–H and O–H groups in total. The Hall–Kier alpha value is -4.30. The maximum Gasteiger partial charge on any atom is 0.263 e. The van der Waals surface area contributed by atoms with Crippen LogP contribution < -0.4 is 10.9 Å². The van der Waals surface area contributed by atoms with Crippen molar-refractivity contribution >= 4 is 38.1 Å². The third kappa shape index (κ3) is 3.76. The first-order valence-electron chi connectivity index (χ1n) is 11.7. The highest BCUT2D eigenvalue weighted by molar-refractivity contribution is 7.18. The van der Waals surface area contributed by atoms with E-state index in [-0.39, 0.29) is 11.6 Å². The quantitative estimate of drug-likeness (QED) is 0.325. The van der Waals surface area contributed by atoms with Crippen LogP contribution in [0.5, 0.6) is 0 Å². The second-order valence-corrected chi connectivity index (χ2v) is 10.0. The molecule has 0 radical (unpaired) electrons. The van der Waals surface area contributed by atoms with E-state index in [0.29, 0.717) is 5.39 Å². The third-order valence-corrected chi connectivity index (χ3v) is 7.20. The van der Waals surface area contributed by atoms with Gasteiger partial charge in [-0.05, 0) is 49.1 Å². The van der Waals surface area contributed by atoms with Crippen LogP contribution in [0.3, 0.4) is 0 Å². The summed E-state index contributed by atoms with van der Waals surface area (Å²) in [7, 11) is 1.88. The van der Waals surface area contributed by atoms with Gasteiger partial charge in [-0.25, -0.2) is 9.97 Å². The van der Waals surface area contributed by atoms with E-state index < -0.39 is 0 Å². The molecule has 0 amide bonds. The molecule has 178 valence electrons. The number of aryl methyl sites for hydroxylation is 2. The van der Waals surface area contributed by atoms with Crippen LogP contribution in [0.2, 0.25) is 0 Å². The Balaban J connectivity index is 1.56. The fourth-order valence-corrected chi connectivity index (χ4v) is 5.49. The number of benzene rings is 2. The van der Waals surface area contributed by atoms with Gasteiger partial charge in [0.15, 0.2) is 0 Å². The number of para-hydroxylation sites is 1. The van der Waals surface area contributed by atoms with Crippen molar-refractivity contribution in [3.8, 4) is 16.8 Å². The summed E-state index contributed by atoms with van der Waals surface area (Å²) < 4.78 is 3.56. The van der Waals surface area contributed by atoms with Crippen molar-refractivity contribution in [1.82, 2.24) is 24.3 Å². The molecule has 8 heteroatoms. The van der Waals surface area contributed by atoms with Crippen LogP contribution in [0.1, 0.15) is 23.7 Å². The molecule has 0 unspecified atom stereocenters. The van der Waals surface area contributed by atoms with Crippen LogP contribution in [-0.2, 0) is 7.05 Å². The van der Waals surface area contributed by atoms with Gasteiger partial charge in [0.2, 0.25) is 0 Å². The Kier molecular flexibility index (Phi) is 5.38. The first-order chi connectivity index (χ1) is 17.5. The van der Waals surface area contributed by atoms with Crippen molar-refractivity contribution in [3.63, 3.8) is 0 Å². The van der Waals surface area contributed by atoms with Gasteiger partial charge in [0.1, 0.15) is 10.3 Å². The van der Waals surface area contributed by atoms with Gasteiger partial charge in [-0.15, -0.1) is 0 Å². The summed E-state index contributed by atoms with van der Waals surface area (Å²) in [4.78, 5) is 24.2. The lowest BCUT2D eigenvalue weighted by molar-refractivity contribution is 0.768. The van der Waals surface area contributed by atoms with Gasteiger partial charge in [-0.2, -0.15) is 5.10 Å². The maximum absolute atomic E-state index is 14.2. The normalized spacial score (nSPS) is 12.3. The van der Waals surface area contributed by atoms with Crippen LogP contribution in [-0.4, -0.2) is 24.3 Å². The van der Waals surface area contributed by atoms with E-state index in [1.165, 1.54) is 0 Å². The molecule has 4 heterocycles. The van der Waals surface area contributed by atoms with Crippen molar-refractivity contribution in [2.75, 3.05) is 5.32 Å². The van der Waals surface area contributed by atoms with Crippen molar-refractivity contribution in [2.45, 2.75) is 19.9 Å². The molecule has 0 aliphatic heterocycles. The average molecular weight is 493 g/mol. The van der Waals surface area contributed by atoms with Crippen molar-refractivity contribution < 1.29 is 0 Å². The first kappa shape index (κ1) is 22.2. The largest absolute Gasteiger partial charge is 0.375 e. The number of hydrogen-bond donors (Lipinski definition) is 1. The van der Waals surface area contributed by atoms with Gasteiger partial charge >= 0.3 is 0 Å². The second-order valence-electron chi connectivity index (χ2n) is 8.83. The van der Waals surface area contributed by atoms with Crippen molar-refractivity contribution in [3.05, 3.63) is 100 Å². The van der Waals surface area contributed by atoms with Gasteiger partial charge in [0.25, 0.3) is 5.56 Å². The van der Waals surface area contributed by atoms with E-state index in [9.17, 15) is 4.79 Å². The van der Waals surface area contributed by atoms with E-state index in [4.69, 9.17) is 0 Å². The molecule has 1 atom stereocenters. The van der Waals surface area contributed by atoms with Crippen molar-refractivity contribution in [2.24, 2.45) is 7.05 Å². The Morgan fingerprint density at radius 2 is 1.89 bits per heavy atom. The van der Waals surface area contributed by atoms with Crippen molar-refractivity contribution in [1.29, 1.82) is 0 Å². The summed E-state index contributed by atoms with van der Waals surface area (Å²) >= 11 is 1.57. The van der Waals surface area contributed by atoms with Gasteiger partial charge in [0.05, 0.1) is 28.3 Å². The van der Waals surface area contributed by atoms with Gasteiger partial charge in [0, 0.05) is 36.4 Å². The number of nitrogens with zero attached hydrogens (tertiary/aromatic N) is 5. The fourth-order valence-electron chi connectivity index (χ4n) is 4.71. The predicted octanol–water partition coefficient (Wildman–Crippen LogP) is 5.88. The molecule has 0 saturated carbocycles. The second kappa shape index (κ2) is 8.73. The average Bonchev–Trinajstić information content (AvgIpc) is 3.49. The molecule has 2 aromatic carbocycles. The molecule has 0 fully saturated rings. The van der Waals surface area contributed by atoms with Gasteiger partial charge in [-0.1, -0.05) is 47.7 Å². The number of pyridine rings is 2. The minimum absolute atomic E-state index is 0.0637. The van der Waals surface area contributed by atoms with Gasteiger partial charge < -0.3 is 5.32 Å². The van der Waals surface area contributed by atoms with E-state index >= 15 is 0 Å². The molecular formula is C28H24N6OS. The standard InChI is InChI=1S/C28H24N6OS/c1-17(31-23-12-13-29-27-26(23)32-18(2)36-27)24-14-19-8-7-11-22(20-15-30-33(3)16-20)25(19)28(35)34(24)21-9-5-4-6-10-21/h4-17H,1-3H3,(H,29,31)/t17-/m0/s1. The Labute approximate surface area is 211 Å². The van der Waals surface area contributed by atoms with Crippen LogP contribution in [0.25, 0.3) is 37.9 Å². The van der Waals surface area contributed by atoms with E-state index in [2.05, 4.69) is 33.4 Å². The van der Waals surface area contributed by atoms with Crippen LogP contribution >= 0.6 is 11.3 Å². The van der Waals surface area contributed by atoms with E-state index in [1.807, 2.05) is 79.3 Å². The molecule has 4 aromatic heterocycles. The SMILES string of the molecule is Cc1nc2c(N[C@@H](C)c3cc4cccc(-c5cnn(C)c5)c4c(=O)n3-c3ccccc3)ccnc2s1. The molecule has 0 saturated heterocycles. The molecule has 6 aromatic rings. The zero-order valence-corrected chi connectivity index (χ0v) is 21.0. The Morgan fingerprint density at radius 1 is 1.06 bits per heavy atom. The monoisotopic (exact) mass is 492 g/mol. The predicted molar refractivity (Wildman–Crippen MR) is 146 cm³/mol. The molecular weight excluding hydrogens is 468 g/mol. The maximum atomic E-state index is 14.2. The zero-order chi connectivity index (χ0) is 24.8. The van der Waals surface area contributed by atoms with Crippen LogP contribution in [0, 0.1) is 6.92 Å². The Morgan fingerprint density at radius 3 is 2.67 bits per heavy atom.